The fourth-order valence-corrected chi connectivity index (χ4v) is 5.88. The van der Waals surface area contributed by atoms with E-state index in [0.29, 0.717) is 11.8 Å². The van der Waals surface area contributed by atoms with Crippen LogP contribution in [0.2, 0.25) is 0 Å². The van der Waals surface area contributed by atoms with E-state index in [-0.39, 0.29) is 0 Å². The lowest BCUT2D eigenvalue weighted by Gasteiger charge is -2.18. The van der Waals surface area contributed by atoms with E-state index in [1.165, 1.54) is 55.2 Å². The van der Waals surface area contributed by atoms with Crippen LogP contribution in [0.15, 0.2) is 53.6 Å². The van der Waals surface area contributed by atoms with Gasteiger partial charge in [-0.25, -0.2) is 21.3 Å². The summed E-state index contributed by atoms with van der Waals surface area (Å²) < 4.78 is 2.25. The second-order valence-corrected chi connectivity index (χ2v) is 10.5. The first-order valence-corrected chi connectivity index (χ1v) is 13.8. The molecule has 1 aliphatic carbocycles. The number of nitrogens with two attached hydrogens (primary N) is 2. The Morgan fingerprint density at radius 2 is 1.74 bits per heavy atom. The van der Waals surface area contributed by atoms with Crippen molar-refractivity contribution in [1.82, 2.24) is 20.1 Å². The Balaban J connectivity index is 1.50. The number of benzene rings is 2. The zero-order valence-corrected chi connectivity index (χ0v) is 22.8. The average molecular weight is 510 g/mol. The highest BCUT2D eigenvalue weighted by Crippen LogP contribution is 2.35. The lowest BCUT2D eigenvalue weighted by Crippen LogP contribution is -2.23. The van der Waals surface area contributed by atoms with Crippen LogP contribution in [0.1, 0.15) is 85.1 Å². The molecule has 38 heavy (non-hydrogen) atoms. The van der Waals surface area contributed by atoms with E-state index >= 15 is 0 Å². The standard InChI is InChI=1S/C31H39N7/c1-4-28-35-29-20(2)17-21(3)34-31(29)38(28)19-22-11-13-24(14-12-22)27-18-25(23-9-7-5-6-8-10-23)15-16-26(27)30(32)36-37-33/h11-18,23,37H,4-10,19,33H2,1-3H3,(H2,32,36). The molecular formula is C31H39N7. The van der Waals surface area contributed by atoms with Gasteiger partial charge in [0.25, 0.3) is 0 Å². The summed E-state index contributed by atoms with van der Waals surface area (Å²) in [6, 6.07) is 17.5. The highest BCUT2D eigenvalue weighted by molar-refractivity contribution is 6.03. The van der Waals surface area contributed by atoms with Crippen molar-refractivity contribution in [2.24, 2.45) is 16.7 Å². The fraction of sp³-hybridized carbons (Fsp3) is 0.387. The van der Waals surface area contributed by atoms with E-state index < -0.39 is 0 Å². The molecule has 7 heteroatoms. The predicted octanol–water partition coefficient (Wildman–Crippen LogP) is 5.85. The normalized spacial score (nSPS) is 15.1. The Morgan fingerprint density at radius 3 is 2.42 bits per heavy atom. The molecule has 5 rings (SSSR count). The van der Waals surface area contributed by atoms with Crippen LogP contribution in [0.25, 0.3) is 22.3 Å². The summed E-state index contributed by atoms with van der Waals surface area (Å²) in [6.45, 7) is 7.03. The highest BCUT2D eigenvalue weighted by Gasteiger charge is 2.18. The third kappa shape index (κ3) is 5.29. The first-order chi connectivity index (χ1) is 18.5. The van der Waals surface area contributed by atoms with Gasteiger partial charge in [0.1, 0.15) is 11.3 Å². The van der Waals surface area contributed by atoms with Crippen LogP contribution < -0.4 is 17.1 Å². The number of nitrogens with one attached hydrogen (secondary N) is 1. The van der Waals surface area contributed by atoms with Crippen LogP contribution in [0.4, 0.5) is 0 Å². The lowest BCUT2D eigenvalue weighted by molar-refractivity contribution is 0.592. The minimum atomic E-state index is 0.383. The zero-order valence-electron chi connectivity index (χ0n) is 22.8. The fourth-order valence-electron chi connectivity index (χ4n) is 5.88. The van der Waals surface area contributed by atoms with Gasteiger partial charge in [0, 0.05) is 17.7 Å². The van der Waals surface area contributed by atoms with Gasteiger partial charge in [-0.15, -0.1) is 5.10 Å². The van der Waals surface area contributed by atoms with Gasteiger partial charge in [0.2, 0.25) is 0 Å². The molecule has 0 saturated heterocycles. The quantitative estimate of drug-likeness (QED) is 0.0953. The molecule has 2 aromatic heterocycles. The molecule has 0 atom stereocenters. The number of hydrogen-bond acceptors (Lipinski definition) is 5. The molecule has 5 N–H and O–H groups in total. The summed E-state index contributed by atoms with van der Waals surface area (Å²) in [7, 11) is 0. The molecular weight excluding hydrogens is 470 g/mol. The largest absolute Gasteiger partial charge is 0.382 e. The SMILES string of the molecule is CCc1nc2c(C)cc(C)nc2n1Cc1ccc(-c2cc(C3CCCCCC3)ccc2/C(N)=N/NN)cc1. The molecule has 7 nitrogen and oxygen atoms in total. The molecule has 2 aromatic carbocycles. The minimum absolute atomic E-state index is 0.383. The van der Waals surface area contributed by atoms with Crippen LogP contribution in [-0.2, 0) is 13.0 Å². The maximum Gasteiger partial charge on any atom is 0.160 e. The van der Waals surface area contributed by atoms with Gasteiger partial charge < -0.3 is 10.3 Å². The van der Waals surface area contributed by atoms with E-state index in [1.54, 1.807) is 0 Å². The Labute approximate surface area is 225 Å². The second-order valence-electron chi connectivity index (χ2n) is 10.5. The smallest absolute Gasteiger partial charge is 0.160 e. The molecule has 0 unspecified atom stereocenters. The van der Waals surface area contributed by atoms with Crippen molar-refractivity contribution in [3.8, 4) is 11.1 Å². The number of hydrogen-bond donors (Lipinski definition) is 3. The molecule has 0 aliphatic heterocycles. The molecule has 0 spiro atoms. The third-order valence-corrected chi connectivity index (χ3v) is 7.85. The van der Waals surface area contributed by atoms with Gasteiger partial charge >= 0.3 is 0 Å². The topological polar surface area (TPSA) is 107 Å². The predicted molar refractivity (Wildman–Crippen MR) is 156 cm³/mol. The van der Waals surface area contributed by atoms with Crippen molar-refractivity contribution in [3.05, 3.63) is 82.3 Å². The molecule has 198 valence electrons. The Bertz CT molecular complexity index is 1440. The number of rotatable bonds is 7. The zero-order chi connectivity index (χ0) is 26.6. The maximum atomic E-state index is 6.32. The first-order valence-electron chi connectivity index (χ1n) is 13.8. The lowest BCUT2D eigenvalue weighted by atomic mass is 9.87. The third-order valence-electron chi connectivity index (χ3n) is 7.85. The molecule has 1 aliphatic rings. The molecule has 0 bridgehead atoms. The Kier molecular flexibility index (Phi) is 7.74. The van der Waals surface area contributed by atoms with Gasteiger partial charge in [0.15, 0.2) is 11.5 Å². The van der Waals surface area contributed by atoms with Crippen molar-refractivity contribution in [1.29, 1.82) is 0 Å². The van der Waals surface area contributed by atoms with Gasteiger partial charge in [-0.2, -0.15) is 0 Å². The van der Waals surface area contributed by atoms with Crippen molar-refractivity contribution < 1.29 is 0 Å². The minimum Gasteiger partial charge on any atom is -0.382 e. The number of aromatic nitrogens is 3. The van der Waals surface area contributed by atoms with Crippen LogP contribution in [0.5, 0.6) is 0 Å². The number of amidine groups is 1. The number of hydrazone groups is 1. The van der Waals surface area contributed by atoms with E-state index in [1.807, 2.05) is 6.92 Å². The summed E-state index contributed by atoms with van der Waals surface area (Å²) in [5, 5.41) is 4.07. The monoisotopic (exact) mass is 509 g/mol. The molecule has 0 amide bonds. The summed E-state index contributed by atoms with van der Waals surface area (Å²) in [5.74, 6) is 7.49. The van der Waals surface area contributed by atoms with E-state index in [0.717, 1.165) is 52.3 Å². The molecule has 0 radical (unpaired) electrons. The summed E-state index contributed by atoms with van der Waals surface area (Å²) in [5.41, 5.74) is 18.5. The molecule has 1 fully saturated rings. The van der Waals surface area contributed by atoms with Crippen LogP contribution in [-0.4, -0.2) is 20.4 Å². The number of nitrogens with zero attached hydrogens (tertiary/aromatic N) is 4. The van der Waals surface area contributed by atoms with Crippen molar-refractivity contribution >= 4 is 17.0 Å². The summed E-state index contributed by atoms with van der Waals surface area (Å²) in [6.07, 6.45) is 8.63. The number of imidazole rings is 1. The maximum absolute atomic E-state index is 6.32. The van der Waals surface area contributed by atoms with Gasteiger partial charge in [-0.05, 0) is 66.5 Å². The number of fused-ring (bicyclic) bond motifs is 1. The Hall–Kier alpha value is -3.71. The van der Waals surface area contributed by atoms with E-state index in [9.17, 15) is 0 Å². The second kappa shape index (κ2) is 11.4. The first kappa shape index (κ1) is 25.9. The summed E-state index contributed by atoms with van der Waals surface area (Å²) in [4.78, 5) is 9.73. The molecule has 2 heterocycles. The molecule has 4 aromatic rings. The van der Waals surface area contributed by atoms with E-state index in [2.05, 4.69) is 77.6 Å². The van der Waals surface area contributed by atoms with Crippen LogP contribution in [0, 0.1) is 13.8 Å². The van der Waals surface area contributed by atoms with Crippen molar-refractivity contribution in [2.75, 3.05) is 0 Å². The highest BCUT2D eigenvalue weighted by atomic mass is 15.5. The van der Waals surface area contributed by atoms with Crippen LogP contribution >= 0.6 is 0 Å². The summed E-state index contributed by atoms with van der Waals surface area (Å²) >= 11 is 0. The number of aryl methyl sites for hydroxylation is 3. The van der Waals surface area contributed by atoms with Crippen molar-refractivity contribution in [3.63, 3.8) is 0 Å². The number of hydrazine groups is 1. The molecule has 1 saturated carbocycles. The average Bonchev–Trinajstić information content (AvgIpc) is 3.07. The van der Waals surface area contributed by atoms with Crippen molar-refractivity contribution in [2.45, 2.75) is 78.2 Å². The Morgan fingerprint density at radius 1 is 1.00 bits per heavy atom. The van der Waals surface area contributed by atoms with Crippen LogP contribution in [0.3, 0.4) is 0 Å². The van der Waals surface area contributed by atoms with Gasteiger partial charge in [0.05, 0.1) is 6.54 Å². The van der Waals surface area contributed by atoms with E-state index in [4.69, 9.17) is 21.5 Å². The number of pyridine rings is 1. The van der Waals surface area contributed by atoms with Gasteiger partial charge in [-0.3, -0.25) is 0 Å². The van der Waals surface area contributed by atoms with Gasteiger partial charge in [-0.1, -0.05) is 75.1 Å².